The first-order valence-electron chi connectivity index (χ1n) is 7.89. The van der Waals surface area contributed by atoms with Crippen molar-refractivity contribution in [3.63, 3.8) is 0 Å². The van der Waals surface area contributed by atoms with E-state index in [2.05, 4.69) is 34.5 Å². The third kappa shape index (κ3) is 3.22. The molecule has 20 heavy (non-hydrogen) atoms. The molecule has 1 fully saturated rings. The Kier molecular flexibility index (Phi) is 4.71. The summed E-state index contributed by atoms with van der Waals surface area (Å²) in [6, 6.07) is 9.57. The summed E-state index contributed by atoms with van der Waals surface area (Å²) in [5.41, 5.74) is 3.11. The minimum atomic E-state index is 0.683. The third-order valence-corrected chi connectivity index (χ3v) is 4.69. The molecule has 2 aliphatic rings. The number of rotatable bonds is 7. The maximum atomic E-state index is 5.28. The monoisotopic (exact) mass is 274 g/mol. The first-order valence-corrected chi connectivity index (χ1v) is 7.89. The zero-order valence-corrected chi connectivity index (χ0v) is 12.5. The smallest absolute Gasteiger partial charge is 0.0589 e. The van der Waals surface area contributed by atoms with Crippen molar-refractivity contribution in [1.29, 1.82) is 0 Å². The maximum Gasteiger partial charge on any atom is 0.0589 e. The van der Waals surface area contributed by atoms with Crippen molar-refractivity contribution >= 4 is 0 Å². The van der Waals surface area contributed by atoms with Gasteiger partial charge in [-0.05, 0) is 36.9 Å². The molecule has 1 aromatic carbocycles. The molecule has 1 saturated heterocycles. The topological polar surface area (TPSA) is 24.5 Å². The number of methoxy groups -OCH3 is 1. The summed E-state index contributed by atoms with van der Waals surface area (Å²) in [5.74, 6) is 0.726. The van der Waals surface area contributed by atoms with Crippen molar-refractivity contribution in [3.8, 4) is 0 Å². The second-order valence-corrected chi connectivity index (χ2v) is 6.15. The Balaban J connectivity index is 1.56. The number of nitrogens with zero attached hydrogens (tertiary/aromatic N) is 1. The highest BCUT2D eigenvalue weighted by atomic mass is 16.5. The van der Waals surface area contributed by atoms with E-state index < -0.39 is 0 Å². The molecular weight excluding hydrogens is 248 g/mol. The quantitative estimate of drug-likeness (QED) is 0.823. The van der Waals surface area contributed by atoms with Gasteiger partial charge in [0.25, 0.3) is 0 Å². The lowest BCUT2D eigenvalue weighted by Gasteiger charge is -2.35. The number of ether oxygens (including phenoxy) is 1. The normalized spacial score (nSPS) is 24.7. The van der Waals surface area contributed by atoms with Crippen molar-refractivity contribution in [2.24, 2.45) is 0 Å². The molecule has 3 heteroatoms. The summed E-state index contributed by atoms with van der Waals surface area (Å²) in [6.45, 7) is 5.42. The molecule has 2 atom stereocenters. The summed E-state index contributed by atoms with van der Waals surface area (Å²) < 4.78 is 5.28. The number of hydrogen-bond acceptors (Lipinski definition) is 3. The average Bonchev–Trinajstić information content (AvgIpc) is 2.94. The number of benzene rings is 1. The highest BCUT2D eigenvalue weighted by molar-refractivity contribution is 5.40. The van der Waals surface area contributed by atoms with Crippen LogP contribution in [0.4, 0.5) is 0 Å². The molecule has 1 aromatic rings. The highest BCUT2D eigenvalue weighted by Gasteiger charge is 2.28. The van der Waals surface area contributed by atoms with Crippen LogP contribution in [0, 0.1) is 0 Å². The fourth-order valence-electron chi connectivity index (χ4n) is 3.54. The molecule has 0 radical (unpaired) electrons. The van der Waals surface area contributed by atoms with E-state index in [1.807, 2.05) is 0 Å². The Morgan fingerprint density at radius 3 is 2.95 bits per heavy atom. The average molecular weight is 274 g/mol. The summed E-state index contributed by atoms with van der Waals surface area (Å²) in [5, 5.41) is 3.61. The van der Waals surface area contributed by atoms with E-state index in [0.29, 0.717) is 6.04 Å². The molecule has 0 bridgehead atoms. The molecule has 3 nitrogen and oxygen atoms in total. The van der Waals surface area contributed by atoms with Crippen molar-refractivity contribution < 1.29 is 4.74 Å². The molecule has 1 aliphatic carbocycles. The van der Waals surface area contributed by atoms with Gasteiger partial charge in [0.2, 0.25) is 0 Å². The molecule has 0 amide bonds. The third-order valence-electron chi connectivity index (χ3n) is 4.69. The zero-order valence-electron chi connectivity index (χ0n) is 12.5. The molecule has 0 spiro atoms. The van der Waals surface area contributed by atoms with Crippen LogP contribution in [-0.2, 0) is 11.2 Å². The van der Waals surface area contributed by atoms with Crippen molar-refractivity contribution in [1.82, 2.24) is 10.2 Å². The van der Waals surface area contributed by atoms with Crippen LogP contribution in [-0.4, -0.2) is 50.8 Å². The van der Waals surface area contributed by atoms with E-state index in [4.69, 9.17) is 4.74 Å². The number of fused-ring (bicyclic) bond motifs is 1. The number of hydrogen-bond donors (Lipinski definition) is 1. The summed E-state index contributed by atoms with van der Waals surface area (Å²) in [7, 11) is 1.80. The largest absolute Gasteiger partial charge is 0.383 e. The van der Waals surface area contributed by atoms with Crippen molar-refractivity contribution in [3.05, 3.63) is 35.4 Å². The molecule has 1 N–H and O–H groups in total. The van der Waals surface area contributed by atoms with E-state index in [9.17, 15) is 0 Å². The molecule has 2 unspecified atom stereocenters. The molecule has 1 aliphatic heterocycles. The molecule has 1 heterocycles. The van der Waals surface area contributed by atoms with E-state index in [1.54, 1.807) is 18.2 Å². The van der Waals surface area contributed by atoms with E-state index in [1.165, 1.54) is 38.9 Å². The lowest BCUT2D eigenvalue weighted by molar-refractivity contribution is 0.135. The van der Waals surface area contributed by atoms with Gasteiger partial charge in [0, 0.05) is 38.7 Å². The van der Waals surface area contributed by atoms with Gasteiger partial charge in [0.15, 0.2) is 0 Å². The first kappa shape index (κ1) is 14.1. The van der Waals surface area contributed by atoms with Crippen LogP contribution in [0.25, 0.3) is 0 Å². The Morgan fingerprint density at radius 1 is 1.30 bits per heavy atom. The van der Waals surface area contributed by atoms with Crippen LogP contribution in [0.2, 0.25) is 0 Å². The van der Waals surface area contributed by atoms with Gasteiger partial charge in [0.1, 0.15) is 0 Å². The van der Waals surface area contributed by atoms with Gasteiger partial charge < -0.3 is 10.1 Å². The van der Waals surface area contributed by atoms with Gasteiger partial charge in [-0.15, -0.1) is 0 Å². The zero-order chi connectivity index (χ0) is 13.8. The Labute approximate surface area is 122 Å². The molecule has 110 valence electrons. The SMILES string of the molecule is COCCN(CC1CCCN1)CC1Cc2ccccc21. The van der Waals surface area contributed by atoms with E-state index in [-0.39, 0.29) is 0 Å². The predicted octanol–water partition coefficient (Wildman–Crippen LogP) is 2.03. The molecular formula is C17H26N2O. The Hall–Kier alpha value is -0.900. The van der Waals surface area contributed by atoms with Crippen LogP contribution in [0.5, 0.6) is 0 Å². The van der Waals surface area contributed by atoms with Gasteiger partial charge >= 0.3 is 0 Å². The van der Waals surface area contributed by atoms with Gasteiger partial charge in [0.05, 0.1) is 6.61 Å². The highest BCUT2D eigenvalue weighted by Crippen LogP contribution is 2.35. The van der Waals surface area contributed by atoms with Crippen LogP contribution >= 0.6 is 0 Å². The summed E-state index contributed by atoms with van der Waals surface area (Å²) in [4.78, 5) is 2.59. The Morgan fingerprint density at radius 2 is 2.20 bits per heavy atom. The van der Waals surface area contributed by atoms with Crippen LogP contribution in [0.3, 0.4) is 0 Å². The lowest BCUT2D eigenvalue weighted by atomic mass is 9.77. The number of nitrogens with one attached hydrogen (secondary N) is 1. The maximum absolute atomic E-state index is 5.28. The fourth-order valence-corrected chi connectivity index (χ4v) is 3.54. The molecule has 0 saturated carbocycles. The minimum absolute atomic E-state index is 0.683. The summed E-state index contributed by atoms with van der Waals surface area (Å²) >= 11 is 0. The second-order valence-electron chi connectivity index (χ2n) is 6.15. The van der Waals surface area contributed by atoms with Crippen molar-refractivity contribution in [2.75, 3.05) is 39.9 Å². The molecule has 0 aromatic heterocycles. The predicted molar refractivity (Wildman–Crippen MR) is 82.2 cm³/mol. The standard InChI is InChI=1S/C17H26N2O/c1-20-10-9-19(13-16-6-4-8-18-16)12-15-11-14-5-2-3-7-17(14)15/h2-3,5,7,15-16,18H,4,6,8-13H2,1H3. The molecule has 3 rings (SSSR count). The second kappa shape index (κ2) is 6.70. The Bertz CT molecular complexity index is 429. The van der Waals surface area contributed by atoms with Crippen LogP contribution < -0.4 is 5.32 Å². The van der Waals surface area contributed by atoms with Gasteiger partial charge in [-0.3, -0.25) is 4.90 Å². The van der Waals surface area contributed by atoms with Crippen LogP contribution in [0.1, 0.15) is 29.9 Å². The minimum Gasteiger partial charge on any atom is -0.383 e. The van der Waals surface area contributed by atoms with E-state index >= 15 is 0 Å². The first-order chi connectivity index (χ1) is 9.86. The van der Waals surface area contributed by atoms with Crippen molar-refractivity contribution in [2.45, 2.75) is 31.2 Å². The van der Waals surface area contributed by atoms with Crippen LogP contribution in [0.15, 0.2) is 24.3 Å². The fraction of sp³-hybridized carbons (Fsp3) is 0.647. The lowest BCUT2D eigenvalue weighted by Crippen LogP contribution is -2.42. The summed E-state index contributed by atoms with van der Waals surface area (Å²) in [6.07, 6.45) is 3.90. The van der Waals surface area contributed by atoms with Gasteiger partial charge in [-0.25, -0.2) is 0 Å². The van der Waals surface area contributed by atoms with Gasteiger partial charge in [-0.1, -0.05) is 24.3 Å². The van der Waals surface area contributed by atoms with Gasteiger partial charge in [-0.2, -0.15) is 0 Å². The van der Waals surface area contributed by atoms with E-state index in [0.717, 1.165) is 19.1 Å².